The van der Waals surface area contributed by atoms with E-state index >= 15 is 0 Å². The van der Waals surface area contributed by atoms with Crippen LogP contribution in [0, 0.1) is 0 Å². The fraction of sp³-hybridized carbons (Fsp3) is 0.231. The van der Waals surface area contributed by atoms with Crippen molar-refractivity contribution in [2.45, 2.75) is 26.1 Å². The van der Waals surface area contributed by atoms with Crippen LogP contribution in [0.2, 0.25) is 0 Å². The number of ether oxygens (including phenoxy) is 2. The zero-order valence-electron chi connectivity index (χ0n) is 20.5. The zero-order chi connectivity index (χ0) is 27.9. The molecule has 0 unspecified atom stereocenters. The third kappa shape index (κ3) is 5.24. The van der Waals surface area contributed by atoms with Crippen molar-refractivity contribution in [1.29, 1.82) is 0 Å². The first-order chi connectivity index (χ1) is 18.5. The van der Waals surface area contributed by atoms with E-state index in [4.69, 9.17) is 4.74 Å². The lowest BCUT2D eigenvalue weighted by Gasteiger charge is -2.14. The van der Waals surface area contributed by atoms with Crippen LogP contribution in [0.25, 0.3) is 38.9 Å². The first-order valence-corrected chi connectivity index (χ1v) is 11.7. The first kappa shape index (κ1) is 26.1. The molecule has 0 aliphatic carbocycles. The molecule has 5 rings (SSSR count). The lowest BCUT2D eigenvalue weighted by atomic mass is 10.0. The molecular formula is C26H20F5N5O3. The SMILES string of the molecule is CCOc1ncc2cc(-c3ccc4nc(CC(F)(F)F)n(C)c4c3)c(=O)n(-c3ccc(OC(F)F)cc3)c2n1. The molecule has 202 valence electrons. The van der Waals surface area contributed by atoms with E-state index in [2.05, 4.69) is 19.7 Å². The van der Waals surface area contributed by atoms with Crippen LogP contribution >= 0.6 is 0 Å². The molecule has 0 amide bonds. The van der Waals surface area contributed by atoms with Gasteiger partial charge in [0.15, 0.2) is 5.65 Å². The van der Waals surface area contributed by atoms with Crippen molar-refractivity contribution >= 4 is 22.1 Å². The number of fused-ring (bicyclic) bond motifs is 2. The number of imidazole rings is 1. The molecule has 3 heterocycles. The minimum Gasteiger partial charge on any atom is -0.464 e. The third-order valence-electron chi connectivity index (χ3n) is 5.96. The molecule has 0 radical (unpaired) electrons. The standard InChI is InChI=1S/C26H20F5N5O3/c1-3-38-25-32-13-15-10-18(14-4-9-19-20(11-14)35(2)21(33-19)12-26(29,30)31)23(37)36(22(15)34-25)16-5-7-17(8-6-16)39-24(27)28/h4-11,13,24H,3,12H2,1-2H3. The number of hydrogen-bond acceptors (Lipinski definition) is 6. The summed E-state index contributed by atoms with van der Waals surface area (Å²) in [5.74, 6) is -0.253. The van der Waals surface area contributed by atoms with Crippen LogP contribution in [0.5, 0.6) is 11.8 Å². The number of rotatable bonds is 7. The van der Waals surface area contributed by atoms with Gasteiger partial charge in [-0.15, -0.1) is 0 Å². The highest BCUT2D eigenvalue weighted by molar-refractivity contribution is 5.87. The van der Waals surface area contributed by atoms with Crippen molar-refractivity contribution < 1.29 is 31.4 Å². The number of aromatic nitrogens is 5. The van der Waals surface area contributed by atoms with Gasteiger partial charge in [-0.05, 0) is 55.0 Å². The number of benzene rings is 2. The minimum absolute atomic E-state index is 0.0389. The summed E-state index contributed by atoms with van der Waals surface area (Å²) in [6.45, 7) is -0.975. The van der Waals surface area contributed by atoms with Crippen LogP contribution in [-0.2, 0) is 13.5 Å². The molecule has 13 heteroatoms. The average molecular weight is 545 g/mol. The summed E-state index contributed by atoms with van der Waals surface area (Å²) in [5, 5.41) is 0.462. The minimum atomic E-state index is -4.43. The van der Waals surface area contributed by atoms with Crippen LogP contribution in [-0.4, -0.2) is 43.5 Å². The summed E-state index contributed by atoms with van der Waals surface area (Å²) >= 11 is 0. The highest BCUT2D eigenvalue weighted by Crippen LogP contribution is 2.29. The Balaban J connectivity index is 1.70. The van der Waals surface area contributed by atoms with E-state index in [9.17, 15) is 26.7 Å². The number of nitrogens with zero attached hydrogens (tertiary/aromatic N) is 5. The van der Waals surface area contributed by atoms with Crippen molar-refractivity contribution in [3.63, 3.8) is 0 Å². The lowest BCUT2D eigenvalue weighted by Crippen LogP contribution is -2.21. The lowest BCUT2D eigenvalue weighted by molar-refractivity contribution is -0.128. The highest BCUT2D eigenvalue weighted by atomic mass is 19.4. The van der Waals surface area contributed by atoms with Gasteiger partial charge in [0.05, 0.1) is 23.3 Å². The predicted molar refractivity (Wildman–Crippen MR) is 132 cm³/mol. The Bertz CT molecular complexity index is 1730. The molecule has 0 aliphatic heterocycles. The van der Waals surface area contributed by atoms with Crippen LogP contribution in [0.4, 0.5) is 22.0 Å². The van der Waals surface area contributed by atoms with E-state index in [1.807, 2.05) is 0 Å². The summed E-state index contributed by atoms with van der Waals surface area (Å²) in [6, 6.07) is 11.8. The molecule has 0 saturated carbocycles. The molecule has 0 fully saturated rings. The van der Waals surface area contributed by atoms with Gasteiger partial charge in [0, 0.05) is 24.2 Å². The smallest absolute Gasteiger partial charge is 0.396 e. The molecule has 0 aliphatic rings. The summed E-state index contributed by atoms with van der Waals surface area (Å²) < 4.78 is 76.7. The maximum Gasteiger partial charge on any atom is 0.396 e. The molecule has 0 saturated heterocycles. The molecule has 39 heavy (non-hydrogen) atoms. The monoisotopic (exact) mass is 545 g/mol. The fourth-order valence-corrected chi connectivity index (χ4v) is 4.25. The second-order valence-corrected chi connectivity index (χ2v) is 8.52. The van der Waals surface area contributed by atoms with E-state index in [0.717, 1.165) is 0 Å². The van der Waals surface area contributed by atoms with Gasteiger partial charge in [-0.3, -0.25) is 9.36 Å². The van der Waals surface area contributed by atoms with E-state index in [0.29, 0.717) is 27.7 Å². The maximum atomic E-state index is 13.9. The van der Waals surface area contributed by atoms with Gasteiger partial charge in [0.25, 0.3) is 5.56 Å². The second-order valence-electron chi connectivity index (χ2n) is 8.52. The summed E-state index contributed by atoms with van der Waals surface area (Å²) in [7, 11) is 1.48. The van der Waals surface area contributed by atoms with Crippen molar-refractivity contribution in [3.05, 3.63) is 70.9 Å². The Morgan fingerprint density at radius 3 is 2.44 bits per heavy atom. The molecular weight excluding hydrogens is 525 g/mol. The third-order valence-corrected chi connectivity index (χ3v) is 5.96. The van der Waals surface area contributed by atoms with Crippen LogP contribution in [0.1, 0.15) is 12.7 Å². The van der Waals surface area contributed by atoms with Gasteiger partial charge < -0.3 is 14.0 Å². The number of pyridine rings is 1. The normalized spacial score (nSPS) is 12.0. The van der Waals surface area contributed by atoms with Crippen molar-refractivity contribution in [3.8, 4) is 28.6 Å². The van der Waals surface area contributed by atoms with Crippen molar-refractivity contribution in [2.75, 3.05) is 6.61 Å². The second kappa shape index (κ2) is 9.97. The van der Waals surface area contributed by atoms with E-state index in [-0.39, 0.29) is 35.4 Å². The summed E-state index contributed by atoms with van der Waals surface area (Å²) in [5.41, 5.74) is 1.40. The highest BCUT2D eigenvalue weighted by Gasteiger charge is 2.30. The molecule has 2 aromatic carbocycles. The first-order valence-electron chi connectivity index (χ1n) is 11.7. The summed E-state index contributed by atoms with van der Waals surface area (Å²) in [6.07, 6.45) is -4.15. The van der Waals surface area contributed by atoms with Gasteiger partial charge in [0.1, 0.15) is 18.0 Å². The van der Waals surface area contributed by atoms with Crippen molar-refractivity contribution in [2.24, 2.45) is 7.05 Å². The number of halogens is 5. The molecule has 0 atom stereocenters. The van der Waals surface area contributed by atoms with Crippen molar-refractivity contribution in [1.82, 2.24) is 24.1 Å². The van der Waals surface area contributed by atoms with Gasteiger partial charge in [-0.2, -0.15) is 26.9 Å². The van der Waals surface area contributed by atoms with Gasteiger partial charge in [-0.1, -0.05) is 6.07 Å². The van der Waals surface area contributed by atoms with E-state index < -0.39 is 24.8 Å². The average Bonchev–Trinajstić information content (AvgIpc) is 3.17. The largest absolute Gasteiger partial charge is 0.464 e. The topological polar surface area (TPSA) is 84.1 Å². The van der Waals surface area contributed by atoms with Crippen LogP contribution in [0.15, 0.2) is 59.5 Å². The Kier molecular flexibility index (Phi) is 6.66. The number of aryl methyl sites for hydroxylation is 1. The Morgan fingerprint density at radius 2 is 1.77 bits per heavy atom. The van der Waals surface area contributed by atoms with Crippen LogP contribution in [0.3, 0.4) is 0 Å². The Hall–Kier alpha value is -4.55. The van der Waals surface area contributed by atoms with Gasteiger partial charge in [-0.25, -0.2) is 9.97 Å². The summed E-state index contributed by atoms with van der Waals surface area (Å²) in [4.78, 5) is 26.5. The van der Waals surface area contributed by atoms with E-state index in [1.54, 1.807) is 31.2 Å². The fourth-order valence-electron chi connectivity index (χ4n) is 4.25. The van der Waals surface area contributed by atoms with Gasteiger partial charge in [0.2, 0.25) is 0 Å². The Labute approximate surface area is 217 Å². The molecule has 0 spiro atoms. The van der Waals surface area contributed by atoms with Crippen LogP contribution < -0.4 is 15.0 Å². The Morgan fingerprint density at radius 1 is 1.03 bits per heavy atom. The molecule has 5 aromatic rings. The predicted octanol–water partition coefficient (Wildman–Crippen LogP) is 5.44. The quantitative estimate of drug-likeness (QED) is 0.253. The number of alkyl halides is 5. The van der Waals surface area contributed by atoms with Gasteiger partial charge >= 0.3 is 18.8 Å². The molecule has 3 aromatic heterocycles. The zero-order valence-corrected chi connectivity index (χ0v) is 20.5. The number of hydrogen-bond donors (Lipinski definition) is 0. The maximum absolute atomic E-state index is 13.9. The van der Waals surface area contributed by atoms with E-state index in [1.165, 1.54) is 46.6 Å². The molecule has 8 nitrogen and oxygen atoms in total. The molecule has 0 bridgehead atoms. The molecule has 0 N–H and O–H groups in total.